The summed E-state index contributed by atoms with van der Waals surface area (Å²) in [7, 11) is 0. The van der Waals surface area contributed by atoms with Gasteiger partial charge < -0.3 is 10.2 Å². The topological polar surface area (TPSA) is 52.0 Å². The lowest BCUT2D eigenvalue weighted by molar-refractivity contribution is 0.509. The number of rotatable bonds is 2. The van der Waals surface area contributed by atoms with Gasteiger partial charge in [0.2, 0.25) is 5.89 Å². The number of hydrogen-bond donors (Lipinski definition) is 1. The molecule has 78 valence electrons. The Balaban J connectivity index is 2.48. The summed E-state index contributed by atoms with van der Waals surface area (Å²) in [6, 6.07) is 4.37. The molecule has 2 rings (SSSR count). The van der Waals surface area contributed by atoms with Gasteiger partial charge in [-0.15, -0.1) is 0 Å². The van der Waals surface area contributed by atoms with E-state index in [9.17, 15) is 4.39 Å². The Morgan fingerprint density at radius 1 is 1.47 bits per heavy atom. The van der Waals surface area contributed by atoms with Crippen molar-refractivity contribution >= 4 is 15.9 Å². The van der Waals surface area contributed by atoms with E-state index < -0.39 is 0 Å². The average Bonchev–Trinajstić information content (AvgIpc) is 2.70. The van der Waals surface area contributed by atoms with E-state index in [1.54, 1.807) is 6.07 Å². The number of aromatic nitrogens is 1. The van der Waals surface area contributed by atoms with E-state index in [0.717, 1.165) is 4.47 Å². The number of nitrogens with two attached hydrogens (primary N) is 1. The molecule has 0 aliphatic heterocycles. The Hall–Kier alpha value is -1.20. The molecule has 1 aromatic carbocycles. The lowest BCUT2D eigenvalue weighted by atomic mass is 10.2. The smallest absolute Gasteiger partial charge is 0.208 e. The lowest BCUT2D eigenvalue weighted by Crippen LogP contribution is -1.94. The molecule has 1 aromatic heterocycles. The molecule has 0 saturated carbocycles. The van der Waals surface area contributed by atoms with Crippen LogP contribution in [0.1, 0.15) is 5.89 Å². The van der Waals surface area contributed by atoms with Gasteiger partial charge in [-0.3, -0.25) is 0 Å². The van der Waals surface area contributed by atoms with Gasteiger partial charge in [0, 0.05) is 10.0 Å². The third-order valence-electron chi connectivity index (χ3n) is 1.92. The van der Waals surface area contributed by atoms with Crippen LogP contribution in [0.15, 0.2) is 33.3 Å². The summed E-state index contributed by atoms with van der Waals surface area (Å²) in [5.41, 5.74) is 5.99. The maximum atomic E-state index is 13.0. The molecule has 0 unspecified atom stereocenters. The number of nitrogens with zero attached hydrogens (tertiary/aromatic N) is 1. The zero-order valence-corrected chi connectivity index (χ0v) is 9.29. The first-order valence-corrected chi connectivity index (χ1v) is 5.10. The van der Waals surface area contributed by atoms with Crippen molar-refractivity contribution in [3.8, 4) is 11.3 Å². The third-order valence-corrected chi connectivity index (χ3v) is 2.61. The fraction of sp³-hybridized carbons (Fsp3) is 0.100. The van der Waals surface area contributed by atoms with Gasteiger partial charge in [0.25, 0.3) is 0 Å². The summed E-state index contributed by atoms with van der Waals surface area (Å²) in [5, 5.41) is 0. The van der Waals surface area contributed by atoms with Crippen LogP contribution in [0.2, 0.25) is 0 Å². The average molecular weight is 271 g/mol. The summed E-state index contributed by atoms with van der Waals surface area (Å²) in [6.45, 7) is 0.229. The number of oxazole rings is 1. The highest BCUT2D eigenvalue weighted by Crippen LogP contribution is 2.29. The van der Waals surface area contributed by atoms with Crippen LogP contribution >= 0.6 is 15.9 Å². The van der Waals surface area contributed by atoms with Crippen molar-refractivity contribution in [3.63, 3.8) is 0 Å². The van der Waals surface area contributed by atoms with Crippen LogP contribution in [0.25, 0.3) is 11.3 Å². The highest BCUT2D eigenvalue weighted by Gasteiger charge is 2.09. The predicted molar refractivity (Wildman–Crippen MR) is 57.5 cm³/mol. The van der Waals surface area contributed by atoms with Crippen LogP contribution in [0.4, 0.5) is 4.39 Å². The van der Waals surface area contributed by atoms with E-state index in [0.29, 0.717) is 17.2 Å². The highest BCUT2D eigenvalue weighted by molar-refractivity contribution is 9.10. The Labute approximate surface area is 94.2 Å². The summed E-state index contributed by atoms with van der Waals surface area (Å²) >= 11 is 3.31. The zero-order valence-electron chi connectivity index (χ0n) is 7.71. The van der Waals surface area contributed by atoms with Crippen molar-refractivity contribution < 1.29 is 8.81 Å². The minimum Gasteiger partial charge on any atom is -0.439 e. The van der Waals surface area contributed by atoms with Crippen molar-refractivity contribution in [2.24, 2.45) is 5.73 Å². The van der Waals surface area contributed by atoms with E-state index in [1.807, 2.05) is 0 Å². The Kier molecular flexibility index (Phi) is 2.83. The molecule has 5 heteroatoms. The van der Waals surface area contributed by atoms with Gasteiger partial charge in [-0.25, -0.2) is 9.37 Å². The second-order valence-corrected chi connectivity index (χ2v) is 3.80. The van der Waals surface area contributed by atoms with Gasteiger partial charge in [-0.2, -0.15) is 0 Å². The Morgan fingerprint density at radius 3 is 2.93 bits per heavy atom. The second kappa shape index (κ2) is 4.12. The van der Waals surface area contributed by atoms with E-state index in [4.69, 9.17) is 10.2 Å². The van der Waals surface area contributed by atoms with Gasteiger partial charge >= 0.3 is 0 Å². The molecular weight excluding hydrogens is 263 g/mol. The molecule has 0 aliphatic carbocycles. The largest absolute Gasteiger partial charge is 0.439 e. The monoisotopic (exact) mass is 270 g/mol. The minimum absolute atomic E-state index is 0.229. The molecule has 0 amide bonds. The lowest BCUT2D eigenvalue weighted by Gasteiger charge is -1.99. The highest BCUT2D eigenvalue weighted by atomic mass is 79.9. The first-order valence-electron chi connectivity index (χ1n) is 4.31. The molecule has 0 fully saturated rings. The van der Waals surface area contributed by atoms with E-state index >= 15 is 0 Å². The molecule has 3 nitrogen and oxygen atoms in total. The van der Waals surface area contributed by atoms with E-state index in [1.165, 1.54) is 18.3 Å². The molecule has 0 bridgehead atoms. The normalized spacial score (nSPS) is 10.6. The van der Waals surface area contributed by atoms with Gasteiger partial charge in [0.1, 0.15) is 5.82 Å². The van der Waals surface area contributed by atoms with Crippen molar-refractivity contribution in [2.45, 2.75) is 6.54 Å². The molecule has 0 atom stereocenters. The zero-order chi connectivity index (χ0) is 10.8. The molecule has 15 heavy (non-hydrogen) atoms. The van der Waals surface area contributed by atoms with Crippen LogP contribution in [-0.4, -0.2) is 4.98 Å². The van der Waals surface area contributed by atoms with Crippen LogP contribution in [0, 0.1) is 5.82 Å². The summed E-state index contributed by atoms with van der Waals surface area (Å²) in [6.07, 6.45) is 1.53. The first kappa shape index (κ1) is 10.3. The Morgan fingerprint density at radius 2 is 2.27 bits per heavy atom. The second-order valence-electron chi connectivity index (χ2n) is 2.95. The molecule has 2 aromatic rings. The standard InChI is InChI=1S/C10H8BrFN2O/c11-8-2-1-6(12)3-7(8)9-5-14-10(4-13)15-9/h1-3,5H,4,13H2. The van der Waals surface area contributed by atoms with Crippen molar-refractivity contribution in [3.05, 3.63) is 40.6 Å². The molecule has 0 saturated heterocycles. The van der Waals surface area contributed by atoms with E-state index in [-0.39, 0.29) is 12.4 Å². The maximum Gasteiger partial charge on any atom is 0.208 e. The maximum absolute atomic E-state index is 13.0. The van der Waals surface area contributed by atoms with Crippen LogP contribution in [-0.2, 0) is 6.54 Å². The third kappa shape index (κ3) is 2.08. The number of halogens is 2. The fourth-order valence-corrected chi connectivity index (χ4v) is 1.66. The Bertz CT molecular complexity index is 484. The summed E-state index contributed by atoms with van der Waals surface area (Å²) in [4.78, 5) is 3.95. The van der Waals surface area contributed by atoms with Gasteiger partial charge in [0.15, 0.2) is 5.76 Å². The minimum atomic E-state index is -0.320. The SMILES string of the molecule is NCc1ncc(-c2cc(F)ccc2Br)o1. The number of hydrogen-bond acceptors (Lipinski definition) is 3. The van der Waals surface area contributed by atoms with Gasteiger partial charge in [-0.05, 0) is 18.2 Å². The molecule has 2 N–H and O–H groups in total. The van der Waals surface area contributed by atoms with Crippen LogP contribution in [0.5, 0.6) is 0 Å². The fourth-order valence-electron chi connectivity index (χ4n) is 1.22. The van der Waals surface area contributed by atoms with Gasteiger partial charge in [0.05, 0.1) is 12.7 Å². The molecule has 1 heterocycles. The van der Waals surface area contributed by atoms with Crippen molar-refractivity contribution in [1.29, 1.82) is 0 Å². The summed E-state index contributed by atoms with van der Waals surface area (Å²) < 4.78 is 19.1. The van der Waals surface area contributed by atoms with Crippen molar-refractivity contribution in [2.75, 3.05) is 0 Å². The van der Waals surface area contributed by atoms with E-state index in [2.05, 4.69) is 20.9 Å². The quantitative estimate of drug-likeness (QED) is 0.913. The van der Waals surface area contributed by atoms with Crippen LogP contribution in [0.3, 0.4) is 0 Å². The first-order chi connectivity index (χ1) is 7.20. The predicted octanol–water partition coefficient (Wildman–Crippen LogP) is 2.70. The summed E-state index contributed by atoms with van der Waals surface area (Å²) in [5.74, 6) is 0.613. The molecule has 0 radical (unpaired) electrons. The van der Waals surface area contributed by atoms with Crippen molar-refractivity contribution in [1.82, 2.24) is 4.98 Å². The van der Waals surface area contributed by atoms with Crippen LogP contribution < -0.4 is 5.73 Å². The molecule has 0 aliphatic rings. The molecular formula is C10H8BrFN2O. The van der Waals surface area contributed by atoms with Gasteiger partial charge in [-0.1, -0.05) is 15.9 Å². The molecule has 0 spiro atoms. The number of benzene rings is 1.